The Morgan fingerprint density at radius 1 is 1.29 bits per heavy atom. The number of aromatic nitrogens is 4. The lowest BCUT2D eigenvalue weighted by Crippen LogP contribution is -2.71. The number of nitrogens with zero attached hydrogens (tertiary/aromatic N) is 6. The summed E-state index contributed by atoms with van der Waals surface area (Å²) in [4.78, 5) is 72.3. The standard InChI is InChI=1S/C23H30N12O8S2/c1-23(2,20(40)41)43-31-11(15-30-21(26)45-32-15)16(36)29-12-17(37)35-13(19(38)39)9(8-44-18(12)35)6-34-7-10(14(25)33(34)3)28-22(42)27-5-4-24/h7,12,18,25H,4-6,8,24H2,1-3H3,(H,29,36)(H,38,39)(H,40,41)(H2,26,30,32)(H2,27,28,42)/b25-14?,31-11-/t12-,18-/m1/s1. The van der Waals surface area contributed by atoms with Crippen molar-refractivity contribution in [2.24, 2.45) is 17.9 Å². The number of fused-ring (bicyclic) bond motifs is 1. The highest BCUT2D eigenvalue weighted by molar-refractivity contribution is 8.00. The first kappa shape index (κ1) is 32.9. The molecule has 10 N–H and O–H groups in total. The van der Waals surface area contributed by atoms with Gasteiger partial charge in [-0.3, -0.25) is 29.3 Å². The highest BCUT2D eigenvalue weighted by Crippen LogP contribution is 2.40. The molecule has 22 heteroatoms. The van der Waals surface area contributed by atoms with Crippen molar-refractivity contribution < 1.29 is 39.0 Å². The van der Waals surface area contributed by atoms with Crippen LogP contribution in [-0.4, -0.2) is 105 Å². The molecule has 1 saturated heterocycles. The Kier molecular flexibility index (Phi) is 9.48. The lowest BCUT2D eigenvalue weighted by atomic mass is 10.0. The number of hydrogen-bond acceptors (Lipinski definition) is 14. The Balaban J connectivity index is 1.54. The van der Waals surface area contributed by atoms with Crippen molar-refractivity contribution in [2.45, 2.75) is 37.4 Å². The van der Waals surface area contributed by atoms with Crippen molar-refractivity contribution in [1.29, 1.82) is 5.41 Å². The van der Waals surface area contributed by atoms with Gasteiger partial charge >= 0.3 is 18.0 Å². The number of urea groups is 1. The van der Waals surface area contributed by atoms with Crippen LogP contribution >= 0.6 is 23.3 Å². The van der Waals surface area contributed by atoms with Crippen molar-refractivity contribution in [3.63, 3.8) is 0 Å². The number of carbonyl (C=O) groups excluding carboxylic acids is 3. The number of oxime groups is 1. The van der Waals surface area contributed by atoms with E-state index in [0.717, 1.165) is 16.4 Å². The van der Waals surface area contributed by atoms with Crippen LogP contribution in [0.1, 0.15) is 19.7 Å². The maximum absolute atomic E-state index is 13.2. The van der Waals surface area contributed by atoms with E-state index in [1.54, 1.807) is 7.05 Å². The van der Waals surface area contributed by atoms with E-state index >= 15 is 0 Å². The molecule has 0 unspecified atom stereocenters. The van der Waals surface area contributed by atoms with Gasteiger partial charge in [-0.2, -0.15) is 9.36 Å². The van der Waals surface area contributed by atoms with E-state index in [4.69, 9.17) is 21.7 Å². The molecule has 45 heavy (non-hydrogen) atoms. The maximum atomic E-state index is 13.2. The van der Waals surface area contributed by atoms with Crippen LogP contribution in [0, 0.1) is 5.41 Å². The van der Waals surface area contributed by atoms with Crippen LogP contribution < -0.4 is 32.9 Å². The number of β-lactam (4-membered cyclic amide) rings is 1. The summed E-state index contributed by atoms with van der Waals surface area (Å²) in [5.41, 5.74) is 8.83. The zero-order chi connectivity index (χ0) is 33.2. The number of nitrogens with two attached hydrogens (primary N) is 2. The largest absolute Gasteiger partial charge is 0.478 e. The van der Waals surface area contributed by atoms with E-state index < -0.39 is 52.5 Å². The lowest BCUT2D eigenvalue weighted by Gasteiger charge is -2.49. The minimum Gasteiger partial charge on any atom is -0.478 e. The highest BCUT2D eigenvalue weighted by atomic mass is 32.2. The molecule has 2 atom stereocenters. The quantitative estimate of drug-likeness (QED) is 0.0681. The average molecular weight is 667 g/mol. The van der Waals surface area contributed by atoms with Gasteiger partial charge in [0, 0.05) is 43.6 Å². The van der Waals surface area contributed by atoms with Crippen LogP contribution in [0.5, 0.6) is 0 Å². The molecule has 1 fully saturated rings. The molecule has 242 valence electrons. The van der Waals surface area contributed by atoms with Gasteiger partial charge in [-0.05, 0) is 19.4 Å². The summed E-state index contributed by atoms with van der Waals surface area (Å²) in [6.07, 6.45) is 1.46. The number of carbonyl (C=O) groups is 5. The number of amides is 4. The van der Waals surface area contributed by atoms with Crippen LogP contribution in [0.25, 0.3) is 0 Å². The van der Waals surface area contributed by atoms with Gasteiger partial charge < -0.3 is 42.5 Å². The SMILES string of the molecule is Cn1c(=N)c(NC(=O)NCCN)cn1CC1=C(C(=O)O)N2C(=O)[C@@H](NC(=O)/C(=N\OC(C)(C)C(=O)O)c3nsc(N)n3)[C@H]2SC1. The topological polar surface area (TPSA) is 298 Å². The molecule has 0 spiro atoms. The third-order valence-corrected chi connectivity index (χ3v) is 8.44. The molecule has 0 saturated carbocycles. The first-order valence-electron chi connectivity index (χ1n) is 13.0. The molecule has 4 amide bonds. The normalized spacial score (nSPS) is 18.2. The fraction of sp³-hybridized carbons (Fsp3) is 0.435. The summed E-state index contributed by atoms with van der Waals surface area (Å²) in [7, 11) is 1.55. The fourth-order valence-corrected chi connectivity index (χ4v) is 5.89. The Labute approximate surface area is 262 Å². The molecule has 20 nitrogen and oxygen atoms in total. The number of hydrogen-bond donors (Lipinski definition) is 8. The number of carboxylic acid groups (broad SMARTS) is 2. The lowest BCUT2D eigenvalue weighted by molar-refractivity contribution is -0.161. The summed E-state index contributed by atoms with van der Waals surface area (Å²) in [5, 5.41) is 38.1. The van der Waals surface area contributed by atoms with Crippen LogP contribution in [0.2, 0.25) is 0 Å². The van der Waals surface area contributed by atoms with Gasteiger partial charge in [0.25, 0.3) is 11.8 Å². The summed E-state index contributed by atoms with van der Waals surface area (Å²) >= 11 is 1.95. The molecule has 4 rings (SSSR count). The molecular formula is C23H30N12O8S2. The van der Waals surface area contributed by atoms with Gasteiger partial charge in [0.15, 0.2) is 10.6 Å². The number of aliphatic carboxylic acids is 2. The Morgan fingerprint density at radius 2 is 2.00 bits per heavy atom. The number of rotatable bonds is 12. The second-order valence-electron chi connectivity index (χ2n) is 10.1. The van der Waals surface area contributed by atoms with Gasteiger partial charge in [-0.25, -0.2) is 14.4 Å². The summed E-state index contributed by atoms with van der Waals surface area (Å²) in [6, 6.07) is -1.73. The van der Waals surface area contributed by atoms with E-state index in [-0.39, 0.29) is 53.2 Å². The summed E-state index contributed by atoms with van der Waals surface area (Å²) in [6.45, 7) is 2.84. The molecule has 2 aliphatic rings. The zero-order valence-electron chi connectivity index (χ0n) is 24.1. The Bertz CT molecular complexity index is 1680. The maximum Gasteiger partial charge on any atom is 0.352 e. The molecule has 2 aromatic heterocycles. The van der Waals surface area contributed by atoms with E-state index in [1.165, 1.54) is 41.2 Å². The number of nitrogens with one attached hydrogen (secondary N) is 4. The van der Waals surface area contributed by atoms with Gasteiger partial charge in [-0.15, -0.1) is 11.8 Å². The fourth-order valence-electron chi connectivity index (χ4n) is 4.12. The summed E-state index contributed by atoms with van der Waals surface area (Å²) < 4.78 is 6.83. The second kappa shape index (κ2) is 13.0. The van der Waals surface area contributed by atoms with E-state index in [0.29, 0.717) is 5.57 Å². The minimum atomic E-state index is -1.82. The van der Waals surface area contributed by atoms with Gasteiger partial charge in [0.2, 0.25) is 17.1 Å². The number of anilines is 2. The molecular weight excluding hydrogens is 636 g/mol. The minimum absolute atomic E-state index is 0.00751. The van der Waals surface area contributed by atoms with Crippen molar-refractivity contribution in [2.75, 3.05) is 29.9 Å². The van der Waals surface area contributed by atoms with E-state index in [2.05, 4.69) is 30.5 Å². The van der Waals surface area contributed by atoms with Crippen LogP contribution in [0.3, 0.4) is 0 Å². The third-order valence-electron chi connectivity index (χ3n) is 6.56. The van der Waals surface area contributed by atoms with E-state index in [1.807, 2.05) is 0 Å². The first-order chi connectivity index (χ1) is 21.2. The average Bonchev–Trinajstić information content (AvgIpc) is 3.52. The number of carboxylic acids is 2. The molecule has 0 aromatic carbocycles. The van der Waals surface area contributed by atoms with Crippen molar-refractivity contribution >= 4 is 69.6 Å². The van der Waals surface area contributed by atoms with Crippen LogP contribution in [0.15, 0.2) is 22.6 Å². The highest BCUT2D eigenvalue weighted by Gasteiger charge is 2.54. The molecule has 2 aliphatic heterocycles. The molecule has 0 aliphatic carbocycles. The Hall–Kier alpha value is -4.96. The molecule has 0 radical (unpaired) electrons. The summed E-state index contributed by atoms with van der Waals surface area (Å²) in [5.74, 6) is -4.54. The number of thioether (sulfide) groups is 1. The number of nitrogen functional groups attached to an aromatic ring is 1. The predicted molar refractivity (Wildman–Crippen MR) is 159 cm³/mol. The van der Waals surface area contributed by atoms with Gasteiger partial charge in [0.1, 0.15) is 22.8 Å². The zero-order valence-corrected chi connectivity index (χ0v) is 25.7. The van der Waals surface area contributed by atoms with Crippen molar-refractivity contribution in [1.82, 2.24) is 34.3 Å². The van der Waals surface area contributed by atoms with E-state index in [9.17, 15) is 34.2 Å². The van der Waals surface area contributed by atoms with Crippen molar-refractivity contribution in [3.8, 4) is 0 Å². The molecule has 4 heterocycles. The third kappa shape index (κ3) is 6.76. The second-order valence-corrected chi connectivity index (χ2v) is 12.0. The van der Waals surface area contributed by atoms with Gasteiger partial charge in [-0.1, -0.05) is 5.16 Å². The van der Waals surface area contributed by atoms with Crippen LogP contribution in [-0.2, 0) is 37.6 Å². The van der Waals surface area contributed by atoms with Gasteiger partial charge in [0.05, 0.1) is 6.54 Å². The van der Waals surface area contributed by atoms with Crippen LogP contribution in [0.4, 0.5) is 15.6 Å². The first-order valence-corrected chi connectivity index (χ1v) is 14.8. The molecule has 2 aromatic rings. The Morgan fingerprint density at radius 3 is 2.60 bits per heavy atom. The molecule has 0 bridgehead atoms. The smallest absolute Gasteiger partial charge is 0.352 e. The monoisotopic (exact) mass is 666 g/mol. The predicted octanol–water partition coefficient (Wildman–Crippen LogP) is -2.16. The van der Waals surface area contributed by atoms with Crippen molar-refractivity contribution in [3.05, 3.63) is 28.8 Å².